The lowest BCUT2D eigenvalue weighted by Gasteiger charge is -2.12. The summed E-state index contributed by atoms with van der Waals surface area (Å²) in [5.41, 5.74) is 0.500. The summed E-state index contributed by atoms with van der Waals surface area (Å²) in [5.74, 6) is 0.209. The number of esters is 1. The maximum atomic E-state index is 11.8. The number of ether oxygens (including phenoxy) is 3. The van der Waals surface area contributed by atoms with Crippen molar-refractivity contribution in [3.63, 3.8) is 0 Å². The minimum Gasteiger partial charge on any atom is -0.495 e. The zero-order valence-corrected chi connectivity index (χ0v) is 10.6. The number of methoxy groups -OCH3 is 1. The Kier molecular flexibility index (Phi) is 5.00. The van der Waals surface area contributed by atoms with Gasteiger partial charge in [0.1, 0.15) is 23.1 Å². The first-order chi connectivity index (χ1) is 8.67. The van der Waals surface area contributed by atoms with Gasteiger partial charge in [-0.1, -0.05) is 0 Å². The Hall–Kier alpha value is -2.22. The number of hydrogen-bond acceptors (Lipinski definition) is 5. The SMILES string of the molecule is CCOC(=O)c1cc(C#N)c(OC)cc1OCC. The molecule has 0 aliphatic rings. The van der Waals surface area contributed by atoms with E-state index in [0.717, 1.165) is 0 Å². The van der Waals surface area contributed by atoms with Crippen molar-refractivity contribution in [3.8, 4) is 17.6 Å². The first-order valence-corrected chi connectivity index (χ1v) is 5.59. The van der Waals surface area contributed by atoms with Crippen molar-refractivity contribution >= 4 is 5.97 Å². The predicted molar refractivity (Wildman–Crippen MR) is 64.8 cm³/mol. The second-order valence-corrected chi connectivity index (χ2v) is 3.31. The monoisotopic (exact) mass is 249 g/mol. The van der Waals surface area contributed by atoms with Gasteiger partial charge in [0.15, 0.2) is 0 Å². The molecule has 5 heteroatoms. The van der Waals surface area contributed by atoms with E-state index in [9.17, 15) is 4.79 Å². The zero-order chi connectivity index (χ0) is 13.5. The van der Waals surface area contributed by atoms with Gasteiger partial charge in [0, 0.05) is 6.07 Å². The van der Waals surface area contributed by atoms with Crippen molar-refractivity contribution in [2.45, 2.75) is 13.8 Å². The quantitative estimate of drug-likeness (QED) is 0.748. The molecule has 0 atom stereocenters. The third-order valence-corrected chi connectivity index (χ3v) is 2.22. The fraction of sp³-hybridized carbons (Fsp3) is 0.385. The normalized spacial score (nSPS) is 9.44. The van der Waals surface area contributed by atoms with Gasteiger partial charge in [-0.15, -0.1) is 0 Å². The third-order valence-electron chi connectivity index (χ3n) is 2.22. The lowest BCUT2D eigenvalue weighted by atomic mass is 10.1. The van der Waals surface area contributed by atoms with Crippen LogP contribution in [0.3, 0.4) is 0 Å². The molecule has 5 nitrogen and oxygen atoms in total. The minimum absolute atomic E-state index is 0.232. The first kappa shape index (κ1) is 13.8. The number of hydrogen-bond donors (Lipinski definition) is 0. The molecule has 1 aromatic carbocycles. The Morgan fingerprint density at radius 1 is 1.28 bits per heavy atom. The maximum absolute atomic E-state index is 11.8. The summed E-state index contributed by atoms with van der Waals surface area (Å²) in [5, 5.41) is 8.98. The van der Waals surface area contributed by atoms with Crippen molar-refractivity contribution in [2.24, 2.45) is 0 Å². The lowest BCUT2D eigenvalue weighted by molar-refractivity contribution is 0.0522. The van der Waals surface area contributed by atoms with Gasteiger partial charge in [-0.3, -0.25) is 0 Å². The summed E-state index contributed by atoms with van der Waals surface area (Å²) in [4.78, 5) is 11.8. The van der Waals surface area contributed by atoms with Crippen LogP contribution in [0.1, 0.15) is 29.8 Å². The maximum Gasteiger partial charge on any atom is 0.341 e. The van der Waals surface area contributed by atoms with Gasteiger partial charge in [-0.25, -0.2) is 4.79 Å². The van der Waals surface area contributed by atoms with E-state index >= 15 is 0 Å². The van der Waals surface area contributed by atoms with Crippen LogP contribution in [0, 0.1) is 11.3 Å². The van der Waals surface area contributed by atoms with Gasteiger partial charge in [-0.2, -0.15) is 5.26 Å². The highest BCUT2D eigenvalue weighted by molar-refractivity contribution is 5.93. The van der Waals surface area contributed by atoms with Gasteiger partial charge in [-0.05, 0) is 19.9 Å². The van der Waals surface area contributed by atoms with Crippen molar-refractivity contribution < 1.29 is 19.0 Å². The van der Waals surface area contributed by atoms with Gasteiger partial charge < -0.3 is 14.2 Å². The summed E-state index contributed by atoms with van der Waals surface area (Å²) in [6, 6.07) is 4.91. The third kappa shape index (κ3) is 2.92. The van der Waals surface area contributed by atoms with Crippen molar-refractivity contribution in [3.05, 3.63) is 23.3 Å². The van der Waals surface area contributed by atoms with Crippen molar-refractivity contribution in [1.82, 2.24) is 0 Å². The van der Waals surface area contributed by atoms with Crippen LogP contribution in [0.4, 0.5) is 0 Å². The molecule has 0 bridgehead atoms. The summed E-state index contributed by atoms with van der Waals surface area (Å²) in [6.45, 7) is 4.19. The number of rotatable bonds is 5. The van der Waals surface area contributed by atoms with Gasteiger partial charge >= 0.3 is 5.97 Å². The molecule has 0 radical (unpaired) electrons. The van der Waals surface area contributed by atoms with Crippen LogP contribution < -0.4 is 9.47 Å². The number of carbonyl (C=O) groups excluding carboxylic acids is 1. The van der Waals surface area contributed by atoms with Gasteiger partial charge in [0.25, 0.3) is 0 Å². The summed E-state index contributed by atoms with van der Waals surface area (Å²) >= 11 is 0. The van der Waals surface area contributed by atoms with E-state index in [4.69, 9.17) is 19.5 Å². The molecule has 0 saturated carbocycles. The molecule has 1 aromatic rings. The molecule has 18 heavy (non-hydrogen) atoms. The number of carbonyl (C=O) groups is 1. The zero-order valence-electron chi connectivity index (χ0n) is 10.6. The van der Waals surface area contributed by atoms with E-state index in [1.54, 1.807) is 13.8 Å². The van der Waals surface area contributed by atoms with Crippen molar-refractivity contribution in [1.29, 1.82) is 5.26 Å². The molecule has 0 unspecified atom stereocenters. The summed E-state index contributed by atoms with van der Waals surface area (Å²) in [6.07, 6.45) is 0. The molecule has 0 N–H and O–H groups in total. The molecular formula is C13H15NO4. The first-order valence-electron chi connectivity index (χ1n) is 5.59. The molecule has 96 valence electrons. The van der Waals surface area contributed by atoms with E-state index < -0.39 is 5.97 Å². The van der Waals surface area contributed by atoms with Crippen LogP contribution in [0.15, 0.2) is 12.1 Å². The molecule has 1 rings (SSSR count). The lowest BCUT2D eigenvalue weighted by Crippen LogP contribution is -2.09. The molecular weight excluding hydrogens is 234 g/mol. The van der Waals surface area contributed by atoms with Gasteiger partial charge in [0.05, 0.1) is 25.9 Å². The second-order valence-electron chi connectivity index (χ2n) is 3.31. The second kappa shape index (κ2) is 6.50. The highest BCUT2D eigenvalue weighted by Crippen LogP contribution is 2.29. The Morgan fingerprint density at radius 3 is 2.50 bits per heavy atom. The Morgan fingerprint density at radius 2 is 2.00 bits per heavy atom. The molecule has 0 fully saturated rings. The Balaban J connectivity index is 3.29. The van der Waals surface area contributed by atoms with E-state index in [1.807, 2.05) is 6.07 Å². The topological polar surface area (TPSA) is 68.6 Å². The molecule has 0 spiro atoms. The Labute approximate surface area is 106 Å². The average Bonchev–Trinajstić information content (AvgIpc) is 2.38. The molecule has 0 aliphatic carbocycles. The highest BCUT2D eigenvalue weighted by atomic mass is 16.5. The van der Waals surface area contributed by atoms with E-state index in [2.05, 4.69) is 0 Å². The average molecular weight is 249 g/mol. The minimum atomic E-state index is -0.514. The molecule has 0 aromatic heterocycles. The van der Waals surface area contributed by atoms with Crippen molar-refractivity contribution in [2.75, 3.05) is 20.3 Å². The predicted octanol–water partition coefficient (Wildman–Crippen LogP) is 2.14. The molecule has 0 heterocycles. The highest BCUT2D eigenvalue weighted by Gasteiger charge is 2.18. The Bertz CT molecular complexity index is 477. The van der Waals surface area contributed by atoms with Crippen LogP contribution in [-0.2, 0) is 4.74 Å². The molecule has 0 aliphatic heterocycles. The largest absolute Gasteiger partial charge is 0.495 e. The van der Waals surface area contributed by atoms with E-state index in [0.29, 0.717) is 18.1 Å². The van der Waals surface area contributed by atoms with E-state index in [1.165, 1.54) is 19.2 Å². The van der Waals surface area contributed by atoms with Crippen LogP contribution >= 0.6 is 0 Å². The summed E-state index contributed by atoms with van der Waals surface area (Å²) < 4.78 is 15.3. The molecule has 0 amide bonds. The fourth-order valence-corrected chi connectivity index (χ4v) is 1.46. The van der Waals surface area contributed by atoms with Crippen LogP contribution in [0.2, 0.25) is 0 Å². The van der Waals surface area contributed by atoms with Crippen LogP contribution in [-0.4, -0.2) is 26.3 Å². The smallest absolute Gasteiger partial charge is 0.341 e. The number of benzene rings is 1. The number of nitrogens with zero attached hydrogens (tertiary/aromatic N) is 1. The van der Waals surface area contributed by atoms with E-state index in [-0.39, 0.29) is 17.7 Å². The van der Waals surface area contributed by atoms with Crippen LogP contribution in [0.5, 0.6) is 11.5 Å². The summed E-state index contributed by atoms with van der Waals surface area (Å²) in [7, 11) is 1.45. The standard InChI is InChI=1S/C13H15NO4/c1-4-17-12-7-11(16-3)9(8-14)6-10(12)13(15)18-5-2/h6-7H,4-5H2,1-3H3. The van der Waals surface area contributed by atoms with Gasteiger partial charge in [0.2, 0.25) is 0 Å². The fourth-order valence-electron chi connectivity index (χ4n) is 1.46. The van der Waals surface area contributed by atoms with Crippen LogP contribution in [0.25, 0.3) is 0 Å². The number of nitriles is 1. The molecule has 0 saturated heterocycles.